The molecule has 0 bridgehead atoms. The Hall–Kier alpha value is -2.04. The smallest absolute Gasteiger partial charge is 0.414 e. The fraction of sp³-hybridized carbons (Fsp3) is 0.500. The minimum atomic E-state index is -1.08. The molecule has 1 N–H and O–H groups in total. The second-order valence-electron chi connectivity index (χ2n) is 5.98. The molecule has 0 spiro atoms. The van der Waals surface area contributed by atoms with Gasteiger partial charge in [0.2, 0.25) is 0 Å². The van der Waals surface area contributed by atoms with Gasteiger partial charge in [-0.2, -0.15) is 0 Å². The number of aliphatic carboxylic acids is 1. The van der Waals surface area contributed by atoms with E-state index >= 15 is 0 Å². The summed E-state index contributed by atoms with van der Waals surface area (Å²) in [5.41, 5.74) is 0.915. The van der Waals surface area contributed by atoms with E-state index in [2.05, 4.69) is 0 Å². The molecule has 0 fully saturated rings. The topological polar surface area (TPSA) is 66.8 Å². The molecule has 1 aromatic carbocycles. The minimum Gasteiger partial charge on any atom is -0.481 e. The summed E-state index contributed by atoms with van der Waals surface area (Å²) in [6.45, 7) is 3.54. The first-order chi connectivity index (χ1) is 9.92. The van der Waals surface area contributed by atoms with Gasteiger partial charge in [0.05, 0.1) is 11.1 Å². The number of benzene rings is 1. The average molecular weight is 291 g/mol. The molecule has 0 radical (unpaired) electrons. The largest absolute Gasteiger partial charge is 0.481 e. The zero-order chi connectivity index (χ0) is 15.5. The fourth-order valence-corrected chi connectivity index (χ4v) is 2.26. The molecule has 0 saturated heterocycles. The highest BCUT2D eigenvalue weighted by Crippen LogP contribution is 2.27. The number of amides is 1. The van der Waals surface area contributed by atoms with Crippen molar-refractivity contribution in [2.45, 2.75) is 33.1 Å². The van der Waals surface area contributed by atoms with Crippen molar-refractivity contribution in [2.24, 2.45) is 5.41 Å². The monoisotopic (exact) mass is 291 g/mol. The minimum absolute atomic E-state index is 0.139. The number of ether oxygens (including phenoxy) is 1. The maximum Gasteiger partial charge on any atom is 0.414 e. The highest BCUT2D eigenvalue weighted by molar-refractivity contribution is 5.89. The van der Waals surface area contributed by atoms with E-state index in [4.69, 9.17) is 9.84 Å². The lowest BCUT2D eigenvalue weighted by atomic mass is 9.95. The lowest BCUT2D eigenvalue weighted by Crippen LogP contribution is -2.37. The van der Waals surface area contributed by atoms with Gasteiger partial charge in [0.1, 0.15) is 6.61 Å². The van der Waals surface area contributed by atoms with Crippen molar-refractivity contribution < 1.29 is 19.4 Å². The van der Waals surface area contributed by atoms with Crippen molar-refractivity contribution in [3.05, 3.63) is 29.8 Å². The number of hydrogen-bond donors (Lipinski definition) is 1. The Kier molecular flexibility index (Phi) is 4.50. The molecule has 1 aromatic rings. The summed E-state index contributed by atoms with van der Waals surface area (Å²) >= 11 is 0. The van der Waals surface area contributed by atoms with E-state index in [0.717, 1.165) is 30.5 Å². The van der Waals surface area contributed by atoms with Gasteiger partial charge in [0, 0.05) is 6.54 Å². The first-order valence-corrected chi connectivity index (χ1v) is 7.17. The van der Waals surface area contributed by atoms with E-state index < -0.39 is 17.5 Å². The highest BCUT2D eigenvalue weighted by Gasteiger charge is 2.31. The number of carbonyl (C=O) groups excluding carboxylic acids is 1. The molecule has 0 atom stereocenters. The standard InChI is InChI=1S/C16H21NO4/c1-16(2,14(18)19)11-21-15(20)17-10-6-5-8-12-7-3-4-9-13(12)17/h3-4,7,9H,5-6,8,10-11H2,1-2H3,(H,18,19). The third-order valence-electron chi connectivity index (χ3n) is 3.72. The van der Waals surface area contributed by atoms with E-state index in [0.29, 0.717) is 6.54 Å². The third-order valence-corrected chi connectivity index (χ3v) is 3.72. The normalized spacial score (nSPS) is 15.0. The Morgan fingerprint density at radius 3 is 2.71 bits per heavy atom. The van der Waals surface area contributed by atoms with Crippen LogP contribution in [0.4, 0.5) is 10.5 Å². The second-order valence-corrected chi connectivity index (χ2v) is 5.98. The number of anilines is 1. The molecule has 0 aliphatic carbocycles. The van der Waals surface area contributed by atoms with Gasteiger partial charge in [-0.15, -0.1) is 0 Å². The predicted octanol–water partition coefficient (Wildman–Crippen LogP) is 3.08. The summed E-state index contributed by atoms with van der Waals surface area (Å²) in [7, 11) is 0. The molecule has 1 amide bonds. The van der Waals surface area contributed by atoms with Gasteiger partial charge in [-0.25, -0.2) is 4.79 Å². The molecule has 5 nitrogen and oxygen atoms in total. The number of para-hydroxylation sites is 1. The molecular weight excluding hydrogens is 270 g/mol. The quantitative estimate of drug-likeness (QED) is 0.929. The van der Waals surface area contributed by atoms with Crippen LogP contribution in [-0.4, -0.2) is 30.3 Å². The van der Waals surface area contributed by atoms with Gasteiger partial charge < -0.3 is 9.84 Å². The number of fused-ring (bicyclic) bond motifs is 1. The van der Waals surface area contributed by atoms with Crippen LogP contribution >= 0.6 is 0 Å². The number of carboxylic acid groups (broad SMARTS) is 1. The van der Waals surface area contributed by atoms with Crippen LogP contribution in [0, 0.1) is 5.41 Å². The summed E-state index contributed by atoms with van der Waals surface area (Å²) in [5.74, 6) is -0.980. The van der Waals surface area contributed by atoms with Crippen molar-refractivity contribution in [1.29, 1.82) is 0 Å². The van der Waals surface area contributed by atoms with Crippen LogP contribution < -0.4 is 4.90 Å². The lowest BCUT2D eigenvalue weighted by molar-refractivity contribution is -0.148. The Morgan fingerprint density at radius 1 is 1.29 bits per heavy atom. The Labute approximate surface area is 124 Å². The highest BCUT2D eigenvalue weighted by atomic mass is 16.6. The molecule has 114 valence electrons. The number of hydrogen-bond acceptors (Lipinski definition) is 3. The molecule has 5 heteroatoms. The van der Waals surface area contributed by atoms with Crippen LogP contribution in [0.5, 0.6) is 0 Å². The molecule has 0 unspecified atom stereocenters. The first kappa shape index (κ1) is 15.4. The third kappa shape index (κ3) is 3.54. The molecule has 0 aromatic heterocycles. The predicted molar refractivity (Wildman–Crippen MR) is 79.5 cm³/mol. The summed E-state index contributed by atoms with van der Waals surface area (Å²) in [6.07, 6.45) is 2.41. The SMILES string of the molecule is CC(C)(COC(=O)N1CCCCc2ccccc21)C(=O)O. The molecule has 1 aliphatic heterocycles. The Bertz CT molecular complexity index is 539. The van der Waals surface area contributed by atoms with Gasteiger partial charge in [0.25, 0.3) is 0 Å². The van der Waals surface area contributed by atoms with Crippen LogP contribution in [0.15, 0.2) is 24.3 Å². The second kappa shape index (κ2) is 6.16. The van der Waals surface area contributed by atoms with Gasteiger partial charge in [-0.3, -0.25) is 9.69 Å². The van der Waals surface area contributed by atoms with E-state index in [1.54, 1.807) is 18.7 Å². The number of aryl methyl sites for hydroxylation is 1. The van der Waals surface area contributed by atoms with Gasteiger partial charge in [-0.1, -0.05) is 18.2 Å². The van der Waals surface area contributed by atoms with Crippen molar-refractivity contribution in [3.63, 3.8) is 0 Å². The maximum absolute atomic E-state index is 12.3. The van der Waals surface area contributed by atoms with Crippen molar-refractivity contribution >= 4 is 17.7 Å². The number of rotatable bonds is 3. The zero-order valence-corrected chi connectivity index (χ0v) is 12.5. The van der Waals surface area contributed by atoms with Crippen molar-refractivity contribution in [1.82, 2.24) is 0 Å². The molecule has 1 heterocycles. The van der Waals surface area contributed by atoms with Crippen LogP contribution in [0.2, 0.25) is 0 Å². The lowest BCUT2D eigenvalue weighted by Gasteiger charge is -2.25. The van der Waals surface area contributed by atoms with Crippen LogP contribution in [0.25, 0.3) is 0 Å². The van der Waals surface area contributed by atoms with Crippen molar-refractivity contribution in [3.8, 4) is 0 Å². The van der Waals surface area contributed by atoms with Gasteiger partial charge in [-0.05, 0) is 44.7 Å². The van der Waals surface area contributed by atoms with Crippen molar-refractivity contribution in [2.75, 3.05) is 18.1 Å². The van der Waals surface area contributed by atoms with Gasteiger partial charge >= 0.3 is 12.1 Å². The molecule has 0 saturated carbocycles. The summed E-state index contributed by atoms with van der Waals surface area (Å²) < 4.78 is 5.23. The molecule has 2 rings (SSSR count). The van der Waals surface area contributed by atoms with E-state index in [9.17, 15) is 9.59 Å². The first-order valence-electron chi connectivity index (χ1n) is 7.17. The summed E-state index contributed by atoms with van der Waals surface area (Å²) in [5, 5.41) is 9.06. The summed E-state index contributed by atoms with van der Waals surface area (Å²) in [4.78, 5) is 25.0. The fourth-order valence-electron chi connectivity index (χ4n) is 2.26. The average Bonchev–Trinajstić information content (AvgIpc) is 2.67. The van der Waals surface area contributed by atoms with Crippen LogP contribution in [0.3, 0.4) is 0 Å². The summed E-state index contributed by atoms with van der Waals surface area (Å²) in [6, 6.07) is 7.78. The Balaban J connectivity index is 2.11. The Morgan fingerprint density at radius 2 is 2.00 bits per heavy atom. The number of carboxylic acids is 1. The van der Waals surface area contributed by atoms with E-state index in [-0.39, 0.29) is 6.61 Å². The maximum atomic E-state index is 12.3. The number of nitrogens with zero attached hydrogens (tertiary/aromatic N) is 1. The van der Waals surface area contributed by atoms with Gasteiger partial charge in [0.15, 0.2) is 0 Å². The molecular formula is C16H21NO4. The van der Waals surface area contributed by atoms with E-state index in [1.165, 1.54) is 0 Å². The zero-order valence-electron chi connectivity index (χ0n) is 12.5. The van der Waals surface area contributed by atoms with Crippen LogP contribution in [0.1, 0.15) is 32.3 Å². The molecule has 21 heavy (non-hydrogen) atoms. The number of carbonyl (C=O) groups is 2. The van der Waals surface area contributed by atoms with E-state index in [1.807, 2.05) is 24.3 Å². The van der Waals surface area contributed by atoms with Crippen LogP contribution in [-0.2, 0) is 16.0 Å². The molecule has 1 aliphatic rings.